The number of hydrogen-bond acceptors (Lipinski definition) is 3. The van der Waals surface area contributed by atoms with Crippen molar-refractivity contribution in [2.75, 3.05) is 19.5 Å². The van der Waals surface area contributed by atoms with Crippen molar-refractivity contribution in [1.29, 1.82) is 0 Å². The van der Waals surface area contributed by atoms with Gasteiger partial charge in [-0.25, -0.2) is 0 Å². The molecule has 7 heteroatoms. The minimum absolute atomic E-state index is 0.175. The van der Waals surface area contributed by atoms with E-state index in [2.05, 4.69) is 27.8 Å². The molecule has 0 aliphatic rings. The molecular formula is C11H11BrF3NO2. The van der Waals surface area contributed by atoms with E-state index in [1.807, 2.05) is 0 Å². The number of ether oxygens (including phenoxy) is 2. The fourth-order valence-corrected chi connectivity index (χ4v) is 1.74. The molecule has 0 heterocycles. The maximum atomic E-state index is 12.3. The van der Waals surface area contributed by atoms with E-state index in [1.165, 1.54) is 26.4 Å². The van der Waals surface area contributed by atoms with E-state index in [9.17, 15) is 13.2 Å². The fraction of sp³-hybridized carbons (Fsp3) is 0.273. The Labute approximate surface area is 111 Å². The third-order valence-electron chi connectivity index (χ3n) is 2.08. The van der Waals surface area contributed by atoms with Crippen LogP contribution in [-0.4, -0.2) is 20.4 Å². The number of benzene rings is 1. The molecule has 1 aromatic carbocycles. The van der Waals surface area contributed by atoms with E-state index in [4.69, 9.17) is 9.47 Å². The summed E-state index contributed by atoms with van der Waals surface area (Å²) in [5.41, 5.74) is -0.886. The highest BCUT2D eigenvalue weighted by molar-refractivity contribution is 9.10. The van der Waals surface area contributed by atoms with Crippen molar-refractivity contribution in [3.05, 3.63) is 28.9 Å². The highest BCUT2D eigenvalue weighted by Crippen LogP contribution is 2.38. The fourth-order valence-electron chi connectivity index (χ4n) is 1.19. The summed E-state index contributed by atoms with van der Waals surface area (Å²) in [5, 5.41) is 2.16. The van der Waals surface area contributed by atoms with E-state index in [0.29, 0.717) is 16.0 Å². The second-order valence-corrected chi connectivity index (χ2v) is 4.09. The third-order valence-corrected chi connectivity index (χ3v) is 2.86. The summed E-state index contributed by atoms with van der Waals surface area (Å²) in [4.78, 5) is 0. The summed E-state index contributed by atoms with van der Waals surface area (Å²) in [6.45, 7) is 2.93. The molecule has 0 saturated heterocycles. The zero-order valence-corrected chi connectivity index (χ0v) is 11.3. The van der Waals surface area contributed by atoms with Gasteiger partial charge in [0.2, 0.25) is 0 Å². The van der Waals surface area contributed by atoms with Gasteiger partial charge in [0.15, 0.2) is 0 Å². The molecule has 0 fully saturated rings. The number of allylic oxidation sites excluding steroid dienone is 1. The van der Waals surface area contributed by atoms with Crippen LogP contribution in [0.5, 0.6) is 11.5 Å². The van der Waals surface area contributed by atoms with Crippen molar-refractivity contribution in [3.8, 4) is 11.5 Å². The molecule has 0 aliphatic carbocycles. The largest absolute Gasteiger partial charge is 0.495 e. The number of hydrogen-bond donors (Lipinski definition) is 1. The average Bonchev–Trinajstić information content (AvgIpc) is 2.29. The number of alkyl halides is 3. The van der Waals surface area contributed by atoms with E-state index < -0.39 is 11.9 Å². The summed E-state index contributed by atoms with van der Waals surface area (Å²) in [5.74, 6) is 0.707. The van der Waals surface area contributed by atoms with Crippen LogP contribution >= 0.6 is 15.9 Å². The Morgan fingerprint density at radius 3 is 2.00 bits per heavy atom. The predicted octanol–water partition coefficient (Wildman–Crippen LogP) is 3.95. The maximum Gasteiger partial charge on any atom is 0.430 e. The van der Waals surface area contributed by atoms with Crippen molar-refractivity contribution in [3.63, 3.8) is 0 Å². The molecule has 1 N–H and O–H groups in total. The van der Waals surface area contributed by atoms with Gasteiger partial charge in [0.05, 0.1) is 14.2 Å². The van der Waals surface area contributed by atoms with E-state index in [0.717, 1.165) is 0 Å². The van der Waals surface area contributed by atoms with Gasteiger partial charge < -0.3 is 14.8 Å². The van der Waals surface area contributed by atoms with Crippen LogP contribution in [0.3, 0.4) is 0 Å². The molecule has 0 saturated carbocycles. The lowest BCUT2D eigenvalue weighted by Gasteiger charge is -2.15. The minimum Gasteiger partial charge on any atom is -0.495 e. The van der Waals surface area contributed by atoms with Crippen LogP contribution < -0.4 is 14.8 Å². The van der Waals surface area contributed by atoms with Gasteiger partial charge in [0.1, 0.15) is 21.7 Å². The molecule has 1 rings (SSSR count). The van der Waals surface area contributed by atoms with E-state index in [-0.39, 0.29) is 5.69 Å². The maximum absolute atomic E-state index is 12.3. The zero-order chi connectivity index (χ0) is 13.9. The summed E-state index contributed by atoms with van der Waals surface area (Å²) >= 11 is 3.22. The van der Waals surface area contributed by atoms with Crippen molar-refractivity contribution >= 4 is 21.6 Å². The van der Waals surface area contributed by atoms with Crippen LogP contribution in [0.25, 0.3) is 0 Å². The Bertz CT molecular complexity index is 435. The molecular weight excluding hydrogens is 315 g/mol. The third kappa shape index (κ3) is 3.32. The highest BCUT2D eigenvalue weighted by Gasteiger charge is 2.32. The Balaban J connectivity index is 3.07. The standard InChI is InChI=1S/C11H11BrF3NO2/c1-6(11(13,14)15)16-7-4-8(17-2)10(12)9(5-7)18-3/h4-5,16H,1H2,2-3H3. The van der Waals surface area contributed by atoms with Crippen LogP contribution in [-0.2, 0) is 0 Å². The predicted molar refractivity (Wildman–Crippen MR) is 66.1 cm³/mol. The second kappa shape index (κ2) is 5.51. The Morgan fingerprint density at radius 1 is 1.22 bits per heavy atom. The first kappa shape index (κ1) is 14.7. The molecule has 0 aromatic heterocycles. The van der Waals surface area contributed by atoms with Crippen LogP contribution in [0, 0.1) is 0 Å². The number of methoxy groups -OCH3 is 2. The van der Waals surface area contributed by atoms with Gasteiger partial charge in [-0.05, 0) is 15.9 Å². The van der Waals surface area contributed by atoms with Gasteiger partial charge in [-0.2, -0.15) is 13.2 Å². The number of anilines is 1. The monoisotopic (exact) mass is 325 g/mol. The Morgan fingerprint density at radius 2 is 1.67 bits per heavy atom. The average molecular weight is 326 g/mol. The quantitative estimate of drug-likeness (QED) is 0.909. The second-order valence-electron chi connectivity index (χ2n) is 3.30. The van der Waals surface area contributed by atoms with Gasteiger partial charge in [-0.1, -0.05) is 6.58 Å². The number of nitrogens with one attached hydrogen (secondary N) is 1. The van der Waals surface area contributed by atoms with Crippen molar-refractivity contribution in [2.24, 2.45) is 0 Å². The molecule has 0 radical (unpaired) electrons. The minimum atomic E-state index is -4.51. The lowest BCUT2D eigenvalue weighted by Crippen LogP contribution is -2.17. The summed E-state index contributed by atoms with van der Waals surface area (Å²) in [7, 11) is 2.81. The van der Waals surface area contributed by atoms with Crippen LogP contribution in [0.1, 0.15) is 0 Å². The Kier molecular flexibility index (Phi) is 4.50. The van der Waals surface area contributed by atoms with Gasteiger partial charge in [0, 0.05) is 17.8 Å². The van der Waals surface area contributed by atoms with E-state index in [1.54, 1.807) is 0 Å². The molecule has 0 bridgehead atoms. The van der Waals surface area contributed by atoms with Crippen molar-refractivity contribution < 1.29 is 22.6 Å². The molecule has 1 aromatic rings. The lowest BCUT2D eigenvalue weighted by atomic mass is 10.2. The first-order valence-corrected chi connectivity index (χ1v) is 5.53. The highest BCUT2D eigenvalue weighted by atomic mass is 79.9. The SMILES string of the molecule is C=C(Nc1cc(OC)c(Br)c(OC)c1)C(F)(F)F. The Hall–Kier alpha value is -1.37. The van der Waals surface area contributed by atoms with Gasteiger partial charge >= 0.3 is 6.18 Å². The van der Waals surface area contributed by atoms with Crippen LogP contribution in [0.2, 0.25) is 0 Å². The van der Waals surface area contributed by atoms with Gasteiger partial charge in [0.25, 0.3) is 0 Å². The molecule has 0 atom stereocenters. The smallest absolute Gasteiger partial charge is 0.430 e. The summed E-state index contributed by atoms with van der Waals surface area (Å²) in [6.07, 6.45) is -4.51. The number of rotatable bonds is 4. The molecule has 18 heavy (non-hydrogen) atoms. The molecule has 3 nitrogen and oxygen atoms in total. The van der Waals surface area contributed by atoms with Crippen molar-refractivity contribution in [2.45, 2.75) is 6.18 Å². The van der Waals surface area contributed by atoms with Crippen LogP contribution in [0.4, 0.5) is 18.9 Å². The molecule has 0 amide bonds. The van der Waals surface area contributed by atoms with Gasteiger partial charge in [-0.3, -0.25) is 0 Å². The summed E-state index contributed by atoms with van der Waals surface area (Å²) < 4.78 is 47.6. The van der Waals surface area contributed by atoms with Gasteiger partial charge in [-0.15, -0.1) is 0 Å². The zero-order valence-electron chi connectivity index (χ0n) is 9.69. The number of halogens is 4. The topological polar surface area (TPSA) is 30.5 Å². The first-order valence-electron chi connectivity index (χ1n) is 4.74. The van der Waals surface area contributed by atoms with Crippen LogP contribution in [0.15, 0.2) is 28.9 Å². The molecule has 0 unspecified atom stereocenters. The lowest BCUT2D eigenvalue weighted by molar-refractivity contribution is -0.0898. The molecule has 0 spiro atoms. The molecule has 100 valence electrons. The summed E-state index contributed by atoms with van der Waals surface area (Å²) in [6, 6.07) is 2.81. The molecule has 0 aliphatic heterocycles. The van der Waals surface area contributed by atoms with Crippen molar-refractivity contribution in [1.82, 2.24) is 0 Å². The van der Waals surface area contributed by atoms with E-state index >= 15 is 0 Å². The first-order chi connectivity index (χ1) is 8.29. The normalized spacial score (nSPS) is 11.0.